The molecule has 0 heterocycles. The Kier molecular flexibility index (Phi) is 5.60. The number of para-hydroxylation sites is 1. The molecule has 0 unspecified atom stereocenters. The van der Waals surface area contributed by atoms with Gasteiger partial charge in [-0.15, -0.1) is 0 Å². The van der Waals surface area contributed by atoms with Crippen LogP contribution in [0.4, 0.5) is 20.2 Å². The minimum atomic E-state index is -1.02. The zero-order valence-corrected chi connectivity index (χ0v) is 13.0. The highest BCUT2D eigenvalue weighted by molar-refractivity contribution is 6.33. The van der Waals surface area contributed by atoms with Crippen molar-refractivity contribution in [3.63, 3.8) is 0 Å². The van der Waals surface area contributed by atoms with E-state index in [9.17, 15) is 28.5 Å². The number of hydrogen-bond donors (Lipinski definition) is 1. The summed E-state index contributed by atoms with van der Waals surface area (Å²) in [6.45, 7) is -0.833. The number of carbonyl (C=O) groups is 2. The fraction of sp³-hybridized carbons (Fsp3) is 0.0667. The molecule has 7 nitrogen and oxygen atoms in total. The summed E-state index contributed by atoms with van der Waals surface area (Å²) >= 11 is 5.75. The van der Waals surface area contributed by atoms with Crippen LogP contribution in [0.3, 0.4) is 0 Å². The molecule has 130 valence electrons. The molecule has 0 aliphatic carbocycles. The normalized spacial score (nSPS) is 10.2. The van der Waals surface area contributed by atoms with E-state index in [2.05, 4.69) is 4.74 Å². The number of non-ortho nitro benzene ring substituents is 1. The molecule has 2 aromatic carbocycles. The summed E-state index contributed by atoms with van der Waals surface area (Å²) in [5, 5.41) is 12.3. The molecular weight excluding hydrogens is 362 g/mol. The Morgan fingerprint density at radius 1 is 1.20 bits per heavy atom. The molecule has 2 aromatic rings. The van der Waals surface area contributed by atoms with Crippen molar-refractivity contribution in [1.29, 1.82) is 0 Å². The van der Waals surface area contributed by atoms with Crippen LogP contribution in [0.1, 0.15) is 10.4 Å². The second kappa shape index (κ2) is 7.67. The summed E-state index contributed by atoms with van der Waals surface area (Å²) in [6.07, 6.45) is 0. The van der Waals surface area contributed by atoms with E-state index in [1.54, 1.807) is 0 Å². The van der Waals surface area contributed by atoms with Crippen LogP contribution in [-0.2, 0) is 9.53 Å². The highest BCUT2D eigenvalue weighted by Crippen LogP contribution is 2.23. The maximum absolute atomic E-state index is 13.4. The van der Waals surface area contributed by atoms with Gasteiger partial charge in [0.15, 0.2) is 6.61 Å². The summed E-state index contributed by atoms with van der Waals surface area (Å²) in [6, 6.07) is 6.07. The van der Waals surface area contributed by atoms with Gasteiger partial charge in [-0.1, -0.05) is 17.7 Å². The number of rotatable bonds is 5. The molecule has 0 saturated carbocycles. The lowest BCUT2D eigenvalue weighted by molar-refractivity contribution is -0.384. The lowest BCUT2D eigenvalue weighted by Gasteiger charge is -2.08. The van der Waals surface area contributed by atoms with Crippen molar-refractivity contribution >= 4 is 34.9 Å². The monoisotopic (exact) mass is 370 g/mol. The third-order valence-electron chi connectivity index (χ3n) is 2.94. The highest BCUT2D eigenvalue weighted by atomic mass is 35.5. The summed E-state index contributed by atoms with van der Waals surface area (Å²) in [4.78, 5) is 33.4. The third kappa shape index (κ3) is 4.48. The smallest absolute Gasteiger partial charge is 0.340 e. The predicted octanol–water partition coefficient (Wildman–Crippen LogP) is 3.32. The highest BCUT2D eigenvalue weighted by Gasteiger charge is 2.18. The van der Waals surface area contributed by atoms with Gasteiger partial charge in [-0.05, 0) is 18.2 Å². The Morgan fingerprint density at radius 2 is 1.84 bits per heavy atom. The van der Waals surface area contributed by atoms with E-state index in [1.807, 2.05) is 5.32 Å². The number of hydrogen-bond acceptors (Lipinski definition) is 5. The first-order chi connectivity index (χ1) is 11.8. The van der Waals surface area contributed by atoms with Crippen molar-refractivity contribution in [2.45, 2.75) is 0 Å². The van der Waals surface area contributed by atoms with Crippen LogP contribution in [0.25, 0.3) is 0 Å². The molecule has 25 heavy (non-hydrogen) atoms. The van der Waals surface area contributed by atoms with Crippen molar-refractivity contribution in [3.8, 4) is 0 Å². The number of nitrogens with one attached hydrogen (secondary N) is 1. The first-order valence-corrected chi connectivity index (χ1v) is 7.02. The SMILES string of the molecule is O=C(COC(=O)c1ccc([N+](=O)[O-])cc1Cl)Nc1c(F)cccc1F. The van der Waals surface area contributed by atoms with Gasteiger partial charge in [-0.2, -0.15) is 0 Å². The maximum atomic E-state index is 13.4. The fourth-order valence-electron chi connectivity index (χ4n) is 1.78. The van der Waals surface area contributed by atoms with Crippen LogP contribution in [0.2, 0.25) is 5.02 Å². The molecule has 1 amide bonds. The zero-order valence-electron chi connectivity index (χ0n) is 12.3. The van der Waals surface area contributed by atoms with Crippen LogP contribution in [0.15, 0.2) is 36.4 Å². The van der Waals surface area contributed by atoms with Gasteiger partial charge in [0, 0.05) is 12.1 Å². The number of esters is 1. The summed E-state index contributed by atoms with van der Waals surface area (Å²) in [5.74, 6) is -3.98. The van der Waals surface area contributed by atoms with Gasteiger partial charge in [0.05, 0.1) is 15.5 Å². The van der Waals surface area contributed by atoms with E-state index in [-0.39, 0.29) is 16.3 Å². The number of halogens is 3. The predicted molar refractivity (Wildman–Crippen MR) is 83.4 cm³/mol. The molecule has 0 radical (unpaired) electrons. The van der Waals surface area contributed by atoms with E-state index in [4.69, 9.17) is 11.6 Å². The average molecular weight is 371 g/mol. The number of benzene rings is 2. The molecule has 0 atom stereocenters. The van der Waals surface area contributed by atoms with Gasteiger partial charge in [0.25, 0.3) is 11.6 Å². The van der Waals surface area contributed by atoms with Crippen molar-refractivity contribution in [1.82, 2.24) is 0 Å². The number of nitrogens with zero attached hydrogens (tertiary/aromatic N) is 1. The third-order valence-corrected chi connectivity index (χ3v) is 3.26. The van der Waals surface area contributed by atoms with E-state index < -0.39 is 40.7 Å². The molecule has 2 rings (SSSR count). The van der Waals surface area contributed by atoms with Crippen molar-refractivity contribution in [2.24, 2.45) is 0 Å². The number of anilines is 1. The number of amides is 1. The Morgan fingerprint density at radius 3 is 2.40 bits per heavy atom. The Labute approximate surface area is 144 Å². The molecule has 0 bridgehead atoms. The van der Waals surface area contributed by atoms with Gasteiger partial charge in [0.1, 0.15) is 17.3 Å². The first-order valence-electron chi connectivity index (χ1n) is 6.64. The van der Waals surface area contributed by atoms with Gasteiger partial charge in [0.2, 0.25) is 0 Å². The molecule has 10 heteroatoms. The minimum absolute atomic E-state index is 0.197. The van der Waals surface area contributed by atoms with E-state index in [0.717, 1.165) is 36.4 Å². The van der Waals surface area contributed by atoms with Gasteiger partial charge < -0.3 is 10.1 Å². The van der Waals surface area contributed by atoms with Gasteiger partial charge in [-0.25, -0.2) is 13.6 Å². The summed E-state index contributed by atoms with van der Waals surface area (Å²) < 4.78 is 31.5. The molecular formula is C15H9ClF2N2O5. The van der Waals surface area contributed by atoms with E-state index in [1.165, 1.54) is 0 Å². The fourth-order valence-corrected chi connectivity index (χ4v) is 2.04. The van der Waals surface area contributed by atoms with Gasteiger partial charge >= 0.3 is 5.97 Å². The maximum Gasteiger partial charge on any atom is 0.340 e. The Bertz CT molecular complexity index is 840. The summed E-state index contributed by atoms with van der Waals surface area (Å²) in [5.41, 5.74) is -1.19. The van der Waals surface area contributed by atoms with Crippen molar-refractivity contribution in [2.75, 3.05) is 11.9 Å². The number of nitro groups is 1. The van der Waals surface area contributed by atoms with Crippen LogP contribution in [-0.4, -0.2) is 23.4 Å². The van der Waals surface area contributed by atoms with E-state index >= 15 is 0 Å². The topological polar surface area (TPSA) is 98.5 Å². The van der Waals surface area contributed by atoms with E-state index in [0.29, 0.717) is 0 Å². The summed E-state index contributed by atoms with van der Waals surface area (Å²) in [7, 11) is 0. The second-order valence-corrected chi connectivity index (χ2v) is 5.05. The molecule has 0 spiro atoms. The van der Waals surface area contributed by atoms with Crippen LogP contribution >= 0.6 is 11.6 Å². The molecule has 0 aliphatic rings. The number of nitro benzene ring substituents is 1. The molecule has 0 aromatic heterocycles. The van der Waals surface area contributed by atoms with Crippen LogP contribution < -0.4 is 5.32 Å². The van der Waals surface area contributed by atoms with Crippen molar-refractivity contribution in [3.05, 3.63) is 68.7 Å². The number of ether oxygens (including phenoxy) is 1. The van der Waals surface area contributed by atoms with Gasteiger partial charge in [-0.3, -0.25) is 14.9 Å². The lowest BCUT2D eigenvalue weighted by Crippen LogP contribution is -2.22. The number of carbonyl (C=O) groups excluding carboxylic acids is 2. The largest absolute Gasteiger partial charge is 0.452 e. The molecule has 1 N–H and O–H groups in total. The van der Waals surface area contributed by atoms with Crippen molar-refractivity contribution < 1.29 is 28.0 Å². The molecule has 0 fully saturated rings. The quantitative estimate of drug-likeness (QED) is 0.494. The molecule has 0 aliphatic heterocycles. The average Bonchev–Trinajstić information content (AvgIpc) is 2.56. The van der Waals surface area contributed by atoms with Crippen LogP contribution in [0.5, 0.6) is 0 Å². The Balaban J connectivity index is 2.00. The standard InChI is InChI=1S/C15H9ClF2N2O5/c16-10-6-8(20(23)24)4-5-9(10)15(22)25-7-13(21)19-14-11(17)2-1-3-12(14)18/h1-6H,7H2,(H,19,21). The lowest BCUT2D eigenvalue weighted by atomic mass is 10.2. The zero-order chi connectivity index (χ0) is 18.6. The van der Waals surface area contributed by atoms with Crippen LogP contribution in [0, 0.1) is 21.7 Å². The first kappa shape index (κ1) is 18.3. The Hall–Kier alpha value is -3.07. The molecule has 0 saturated heterocycles. The minimum Gasteiger partial charge on any atom is -0.452 e. The second-order valence-electron chi connectivity index (χ2n) is 4.64.